The number of aromatic hydroxyl groups is 1. The second kappa shape index (κ2) is 8.28. The molecule has 0 bridgehead atoms. The number of carbonyl (C=O) groups excluding carboxylic acids is 2. The minimum Gasteiger partial charge on any atom is -0.508 e. The van der Waals surface area contributed by atoms with E-state index in [4.69, 9.17) is 4.74 Å². The number of nitrogens with zero attached hydrogens (tertiary/aromatic N) is 1. The molecule has 1 amide bonds. The molecule has 0 radical (unpaired) electrons. The van der Waals surface area contributed by atoms with Crippen LogP contribution in [-0.2, 0) is 27.2 Å². The van der Waals surface area contributed by atoms with E-state index < -0.39 is 0 Å². The molecule has 0 saturated heterocycles. The summed E-state index contributed by atoms with van der Waals surface area (Å²) in [5.74, 6) is -0.341. The summed E-state index contributed by atoms with van der Waals surface area (Å²) in [5, 5.41) is 14.5. The summed E-state index contributed by atoms with van der Waals surface area (Å²) < 4.78 is 4.85. The van der Waals surface area contributed by atoms with Crippen molar-refractivity contribution < 1.29 is 19.4 Å². The van der Waals surface area contributed by atoms with Crippen LogP contribution in [0, 0.1) is 0 Å². The van der Waals surface area contributed by atoms with E-state index in [-0.39, 0.29) is 30.5 Å². The number of carbonyl (C=O) groups is 2. The van der Waals surface area contributed by atoms with Gasteiger partial charge in [0.1, 0.15) is 5.75 Å². The summed E-state index contributed by atoms with van der Waals surface area (Å²) in [6.45, 7) is 2.08. The molecule has 0 aliphatic rings. The van der Waals surface area contributed by atoms with E-state index in [1.165, 1.54) is 11.3 Å². The Kier molecular flexibility index (Phi) is 6.10. The molecule has 0 atom stereocenters. The molecule has 0 aliphatic carbocycles. The number of para-hydroxylation sites is 1. The zero-order valence-corrected chi connectivity index (χ0v) is 13.6. The van der Waals surface area contributed by atoms with Crippen LogP contribution in [0.2, 0.25) is 0 Å². The van der Waals surface area contributed by atoms with E-state index in [0.29, 0.717) is 23.9 Å². The third kappa shape index (κ3) is 5.37. The highest BCUT2D eigenvalue weighted by atomic mass is 32.1. The van der Waals surface area contributed by atoms with Gasteiger partial charge in [0.2, 0.25) is 5.91 Å². The topological polar surface area (TPSA) is 88.5 Å². The van der Waals surface area contributed by atoms with Crippen LogP contribution in [0.1, 0.15) is 24.6 Å². The lowest BCUT2D eigenvalue weighted by Gasteiger charge is -2.04. The molecule has 2 rings (SSSR count). The molecule has 1 aromatic heterocycles. The van der Waals surface area contributed by atoms with Crippen LogP contribution >= 0.6 is 11.3 Å². The molecule has 122 valence electrons. The van der Waals surface area contributed by atoms with Crippen molar-refractivity contribution in [3.05, 3.63) is 40.9 Å². The van der Waals surface area contributed by atoms with Gasteiger partial charge in [0, 0.05) is 11.8 Å². The van der Waals surface area contributed by atoms with Gasteiger partial charge >= 0.3 is 5.97 Å². The van der Waals surface area contributed by atoms with Crippen molar-refractivity contribution in [3.63, 3.8) is 0 Å². The van der Waals surface area contributed by atoms with Gasteiger partial charge in [-0.05, 0) is 25.0 Å². The lowest BCUT2D eigenvalue weighted by atomic mass is 10.1. The second-order valence-corrected chi connectivity index (χ2v) is 5.66. The summed E-state index contributed by atoms with van der Waals surface area (Å²) >= 11 is 1.26. The number of esters is 1. The van der Waals surface area contributed by atoms with Gasteiger partial charge in [0.05, 0.1) is 18.7 Å². The zero-order valence-electron chi connectivity index (χ0n) is 12.7. The molecular weight excluding hydrogens is 316 g/mol. The van der Waals surface area contributed by atoms with Gasteiger partial charge in [-0.25, -0.2) is 4.98 Å². The number of hydrogen-bond acceptors (Lipinski definition) is 6. The van der Waals surface area contributed by atoms with E-state index in [9.17, 15) is 14.7 Å². The lowest BCUT2D eigenvalue weighted by Crippen LogP contribution is -2.12. The maximum absolute atomic E-state index is 11.9. The first kappa shape index (κ1) is 17.0. The Balaban J connectivity index is 1.82. The molecule has 1 aromatic carbocycles. The summed E-state index contributed by atoms with van der Waals surface area (Å²) in [4.78, 5) is 27.5. The van der Waals surface area contributed by atoms with Crippen LogP contribution in [0.5, 0.6) is 5.75 Å². The number of aryl methyl sites for hydroxylation is 1. The maximum atomic E-state index is 11.9. The summed E-state index contributed by atoms with van der Waals surface area (Å²) in [6.07, 6.45) is 0.780. The standard InChI is InChI=1S/C16H18N2O4S/c1-2-22-15(21)9-12-10-23-16(17-12)18-14(20)8-7-11-5-3-4-6-13(11)19/h3-6,10,19H,2,7-9H2,1H3,(H,17,18,20). The molecule has 0 spiro atoms. The van der Waals surface area contributed by atoms with Gasteiger partial charge in [-0.2, -0.15) is 0 Å². The molecule has 1 heterocycles. The summed E-state index contributed by atoms with van der Waals surface area (Å²) in [6, 6.07) is 6.92. The number of thiazole rings is 1. The van der Waals surface area contributed by atoms with Gasteiger partial charge in [0.25, 0.3) is 0 Å². The SMILES string of the molecule is CCOC(=O)Cc1csc(NC(=O)CCc2ccccc2O)n1. The van der Waals surface area contributed by atoms with E-state index in [1.54, 1.807) is 30.5 Å². The summed E-state index contributed by atoms with van der Waals surface area (Å²) in [5.41, 5.74) is 1.30. The number of benzene rings is 1. The van der Waals surface area contributed by atoms with Gasteiger partial charge < -0.3 is 15.2 Å². The Labute approximate surface area is 138 Å². The first-order valence-electron chi connectivity index (χ1n) is 7.25. The molecule has 0 unspecified atom stereocenters. The van der Waals surface area contributed by atoms with Crippen molar-refractivity contribution in [3.8, 4) is 5.75 Å². The number of phenolic OH excluding ortho intramolecular Hbond substituents is 1. The fraction of sp³-hybridized carbons (Fsp3) is 0.312. The van der Waals surface area contributed by atoms with Gasteiger partial charge in [-0.1, -0.05) is 18.2 Å². The van der Waals surface area contributed by atoms with Crippen molar-refractivity contribution in [1.29, 1.82) is 0 Å². The lowest BCUT2D eigenvalue weighted by molar-refractivity contribution is -0.142. The number of phenols is 1. The molecule has 2 aromatic rings. The Morgan fingerprint density at radius 1 is 1.35 bits per heavy atom. The van der Waals surface area contributed by atoms with Crippen molar-refractivity contribution in [2.24, 2.45) is 0 Å². The first-order valence-corrected chi connectivity index (χ1v) is 8.13. The predicted octanol–water partition coefficient (Wildman–Crippen LogP) is 2.53. The molecule has 0 saturated carbocycles. The van der Waals surface area contributed by atoms with Gasteiger partial charge in [0.15, 0.2) is 5.13 Å². The van der Waals surface area contributed by atoms with Crippen molar-refractivity contribution in [2.45, 2.75) is 26.2 Å². The number of amides is 1. The minimum absolute atomic E-state index is 0.0953. The monoisotopic (exact) mass is 334 g/mol. The molecule has 0 aliphatic heterocycles. The van der Waals surface area contributed by atoms with E-state index in [2.05, 4.69) is 10.3 Å². The number of hydrogen-bond donors (Lipinski definition) is 2. The molecule has 2 N–H and O–H groups in total. The van der Waals surface area contributed by atoms with Crippen LogP contribution in [-0.4, -0.2) is 28.6 Å². The number of ether oxygens (including phenoxy) is 1. The van der Waals surface area contributed by atoms with Crippen LogP contribution in [0.15, 0.2) is 29.6 Å². The van der Waals surface area contributed by atoms with Crippen molar-refractivity contribution >= 4 is 28.3 Å². The highest BCUT2D eigenvalue weighted by Crippen LogP contribution is 2.19. The fourth-order valence-electron chi connectivity index (χ4n) is 1.96. The van der Waals surface area contributed by atoms with Gasteiger partial charge in [-0.15, -0.1) is 11.3 Å². The quantitative estimate of drug-likeness (QED) is 0.760. The third-order valence-corrected chi connectivity index (χ3v) is 3.85. The van der Waals surface area contributed by atoms with Crippen molar-refractivity contribution in [2.75, 3.05) is 11.9 Å². The number of anilines is 1. The normalized spacial score (nSPS) is 10.3. The average molecular weight is 334 g/mol. The third-order valence-electron chi connectivity index (χ3n) is 3.04. The second-order valence-electron chi connectivity index (χ2n) is 4.80. The van der Waals surface area contributed by atoms with Crippen LogP contribution in [0.4, 0.5) is 5.13 Å². The largest absolute Gasteiger partial charge is 0.508 e. The van der Waals surface area contributed by atoms with Crippen LogP contribution in [0.25, 0.3) is 0 Å². The Bertz CT molecular complexity index is 684. The van der Waals surface area contributed by atoms with Gasteiger partial charge in [-0.3, -0.25) is 9.59 Å². The van der Waals surface area contributed by atoms with E-state index in [1.807, 2.05) is 6.07 Å². The maximum Gasteiger partial charge on any atom is 0.311 e. The molecular formula is C16H18N2O4S. The summed E-state index contributed by atoms with van der Waals surface area (Å²) in [7, 11) is 0. The Hall–Kier alpha value is -2.41. The molecule has 0 fully saturated rings. The fourth-order valence-corrected chi connectivity index (χ4v) is 2.68. The highest BCUT2D eigenvalue weighted by molar-refractivity contribution is 7.13. The van der Waals surface area contributed by atoms with Crippen LogP contribution < -0.4 is 5.32 Å². The van der Waals surface area contributed by atoms with Crippen LogP contribution in [0.3, 0.4) is 0 Å². The highest BCUT2D eigenvalue weighted by Gasteiger charge is 2.11. The van der Waals surface area contributed by atoms with Crippen molar-refractivity contribution in [1.82, 2.24) is 4.98 Å². The van der Waals surface area contributed by atoms with E-state index in [0.717, 1.165) is 5.56 Å². The molecule has 7 heteroatoms. The minimum atomic E-state index is -0.338. The van der Waals surface area contributed by atoms with E-state index >= 15 is 0 Å². The Morgan fingerprint density at radius 2 is 2.13 bits per heavy atom. The Morgan fingerprint density at radius 3 is 2.87 bits per heavy atom. The first-order chi connectivity index (χ1) is 11.1. The average Bonchev–Trinajstić information content (AvgIpc) is 2.93. The number of rotatable bonds is 7. The number of nitrogens with one attached hydrogen (secondary N) is 1. The smallest absolute Gasteiger partial charge is 0.311 e. The number of aromatic nitrogens is 1. The zero-order chi connectivity index (χ0) is 16.7. The molecule has 6 nitrogen and oxygen atoms in total. The molecule has 23 heavy (non-hydrogen) atoms. The predicted molar refractivity (Wildman–Crippen MR) is 87.5 cm³/mol.